The van der Waals surface area contributed by atoms with E-state index in [1.807, 2.05) is 43.3 Å². The summed E-state index contributed by atoms with van der Waals surface area (Å²) in [6.45, 7) is 5.27. The Balaban J connectivity index is 1.47. The highest BCUT2D eigenvalue weighted by atomic mass is 16.5. The number of rotatable bonds is 7. The van der Waals surface area contributed by atoms with Crippen molar-refractivity contribution in [3.05, 3.63) is 59.4 Å². The van der Waals surface area contributed by atoms with E-state index >= 15 is 0 Å². The second-order valence-corrected chi connectivity index (χ2v) is 6.88. The SMILES string of the molecule is Cc1ccc(OCc2cccc(C(=O)NCCC3CCCNC3)c2)cn1. The minimum atomic E-state index is -0.0207. The standard InChI is InChI=1S/C21H27N3O2/c1-16-7-8-20(14-24-16)26-15-18-4-2-6-19(12-18)21(25)23-11-9-17-5-3-10-22-13-17/h2,4,6-8,12,14,17,22H,3,5,9-11,13,15H2,1H3,(H,23,25). The Kier molecular flexibility index (Phi) is 6.61. The molecule has 2 heterocycles. The van der Waals surface area contributed by atoms with Crippen LogP contribution in [0, 0.1) is 12.8 Å². The van der Waals surface area contributed by atoms with E-state index in [4.69, 9.17) is 4.74 Å². The summed E-state index contributed by atoms with van der Waals surface area (Å²) in [6.07, 6.45) is 5.23. The Morgan fingerprint density at radius 3 is 3.04 bits per heavy atom. The molecule has 26 heavy (non-hydrogen) atoms. The number of carbonyl (C=O) groups is 1. The predicted molar refractivity (Wildman–Crippen MR) is 102 cm³/mol. The van der Waals surface area contributed by atoms with Crippen molar-refractivity contribution >= 4 is 5.91 Å². The summed E-state index contributed by atoms with van der Waals surface area (Å²) in [5.41, 5.74) is 2.60. The first kappa shape index (κ1) is 18.4. The smallest absolute Gasteiger partial charge is 0.251 e. The number of aromatic nitrogens is 1. The van der Waals surface area contributed by atoms with Gasteiger partial charge >= 0.3 is 0 Å². The van der Waals surface area contributed by atoms with E-state index in [2.05, 4.69) is 15.6 Å². The van der Waals surface area contributed by atoms with Crippen molar-refractivity contribution in [2.24, 2.45) is 5.92 Å². The monoisotopic (exact) mass is 353 g/mol. The minimum Gasteiger partial charge on any atom is -0.487 e. The van der Waals surface area contributed by atoms with Crippen LogP contribution in [-0.2, 0) is 6.61 Å². The lowest BCUT2D eigenvalue weighted by Crippen LogP contribution is -2.33. The number of piperidine rings is 1. The summed E-state index contributed by atoms with van der Waals surface area (Å²) < 4.78 is 5.74. The number of pyridine rings is 1. The van der Waals surface area contributed by atoms with Crippen molar-refractivity contribution in [2.75, 3.05) is 19.6 Å². The first-order chi connectivity index (χ1) is 12.7. The van der Waals surface area contributed by atoms with Crippen LogP contribution in [0.25, 0.3) is 0 Å². The van der Waals surface area contributed by atoms with Gasteiger partial charge in [-0.05, 0) is 75.0 Å². The van der Waals surface area contributed by atoms with Crippen LogP contribution in [0.5, 0.6) is 5.75 Å². The van der Waals surface area contributed by atoms with Crippen LogP contribution in [0.15, 0.2) is 42.6 Å². The zero-order valence-corrected chi connectivity index (χ0v) is 15.3. The van der Waals surface area contributed by atoms with Crippen molar-refractivity contribution in [3.8, 4) is 5.75 Å². The molecule has 1 fully saturated rings. The number of nitrogens with zero attached hydrogens (tertiary/aromatic N) is 1. The quantitative estimate of drug-likeness (QED) is 0.803. The first-order valence-corrected chi connectivity index (χ1v) is 9.34. The first-order valence-electron chi connectivity index (χ1n) is 9.34. The van der Waals surface area contributed by atoms with Gasteiger partial charge in [-0.3, -0.25) is 9.78 Å². The molecule has 1 amide bonds. The van der Waals surface area contributed by atoms with E-state index < -0.39 is 0 Å². The van der Waals surface area contributed by atoms with Gasteiger partial charge in [-0.25, -0.2) is 0 Å². The lowest BCUT2D eigenvalue weighted by Gasteiger charge is -2.22. The van der Waals surface area contributed by atoms with Crippen LogP contribution in [-0.4, -0.2) is 30.5 Å². The van der Waals surface area contributed by atoms with Crippen LogP contribution in [0.3, 0.4) is 0 Å². The maximum absolute atomic E-state index is 12.4. The molecule has 1 aromatic carbocycles. The Morgan fingerprint density at radius 1 is 1.35 bits per heavy atom. The summed E-state index contributed by atoms with van der Waals surface area (Å²) in [4.78, 5) is 16.6. The molecule has 0 radical (unpaired) electrons. The van der Waals surface area contributed by atoms with E-state index in [0.29, 0.717) is 18.1 Å². The molecule has 2 aromatic rings. The van der Waals surface area contributed by atoms with Crippen molar-refractivity contribution in [1.82, 2.24) is 15.6 Å². The van der Waals surface area contributed by atoms with Crippen LogP contribution in [0.1, 0.15) is 40.9 Å². The fourth-order valence-corrected chi connectivity index (χ4v) is 3.17. The number of aryl methyl sites for hydroxylation is 1. The Morgan fingerprint density at radius 2 is 2.27 bits per heavy atom. The van der Waals surface area contributed by atoms with Crippen LogP contribution in [0.4, 0.5) is 0 Å². The molecule has 0 aliphatic carbocycles. The molecule has 5 heteroatoms. The highest BCUT2D eigenvalue weighted by Crippen LogP contribution is 2.14. The molecule has 1 aliphatic heterocycles. The van der Waals surface area contributed by atoms with Crippen molar-refractivity contribution in [1.29, 1.82) is 0 Å². The molecule has 2 N–H and O–H groups in total. The summed E-state index contributed by atoms with van der Waals surface area (Å²) in [6, 6.07) is 11.4. The van der Waals surface area contributed by atoms with E-state index in [1.165, 1.54) is 12.8 Å². The van der Waals surface area contributed by atoms with Crippen LogP contribution < -0.4 is 15.4 Å². The van der Waals surface area contributed by atoms with Crippen molar-refractivity contribution < 1.29 is 9.53 Å². The molecule has 0 bridgehead atoms. The molecule has 1 saturated heterocycles. The largest absolute Gasteiger partial charge is 0.487 e. The van der Waals surface area contributed by atoms with Gasteiger partial charge in [0.15, 0.2) is 0 Å². The number of benzene rings is 1. The molecule has 0 spiro atoms. The van der Waals surface area contributed by atoms with Gasteiger partial charge in [0.2, 0.25) is 0 Å². The summed E-state index contributed by atoms with van der Waals surface area (Å²) in [5.74, 6) is 1.38. The normalized spacial score (nSPS) is 16.9. The molecular formula is C21H27N3O2. The van der Waals surface area contributed by atoms with Crippen LogP contribution >= 0.6 is 0 Å². The van der Waals surface area contributed by atoms with Gasteiger partial charge in [-0.2, -0.15) is 0 Å². The molecule has 138 valence electrons. The highest BCUT2D eigenvalue weighted by Gasteiger charge is 2.13. The number of hydrogen-bond donors (Lipinski definition) is 2. The number of nitrogens with one attached hydrogen (secondary N) is 2. The maximum atomic E-state index is 12.4. The lowest BCUT2D eigenvalue weighted by molar-refractivity contribution is 0.0950. The fourth-order valence-electron chi connectivity index (χ4n) is 3.17. The van der Waals surface area contributed by atoms with Gasteiger partial charge in [-0.15, -0.1) is 0 Å². The number of ether oxygens (including phenoxy) is 1. The average Bonchev–Trinajstić information content (AvgIpc) is 2.68. The van der Waals surface area contributed by atoms with Crippen molar-refractivity contribution in [2.45, 2.75) is 32.8 Å². The zero-order valence-electron chi connectivity index (χ0n) is 15.3. The van der Waals surface area contributed by atoms with Gasteiger partial charge in [0.05, 0.1) is 6.20 Å². The molecular weight excluding hydrogens is 326 g/mol. The summed E-state index contributed by atoms with van der Waals surface area (Å²) in [5, 5.41) is 6.45. The number of amides is 1. The molecule has 0 saturated carbocycles. The molecule has 1 unspecified atom stereocenters. The van der Waals surface area contributed by atoms with Gasteiger partial charge in [0.25, 0.3) is 5.91 Å². The van der Waals surface area contributed by atoms with Gasteiger partial charge < -0.3 is 15.4 Å². The van der Waals surface area contributed by atoms with E-state index in [1.54, 1.807) is 6.20 Å². The third kappa shape index (κ3) is 5.56. The third-order valence-corrected chi connectivity index (χ3v) is 4.72. The molecule has 5 nitrogen and oxygen atoms in total. The molecule has 1 aliphatic rings. The van der Waals surface area contributed by atoms with E-state index in [0.717, 1.165) is 43.1 Å². The van der Waals surface area contributed by atoms with E-state index in [-0.39, 0.29) is 5.91 Å². The van der Waals surface area contributed by atoms with Gasteiger partial charge in [-0.1, -0.05) is 12.1 Å². The lowest BCUT2D eigenvalue weighted by atomic mass is 9.96. The summed E-state index contributed by atoms with van der Waals surface area (Å²) >= 11 is 0. The minimum absolute atomic E-state index is 0.0207. The molecule has 1 atom stereocenters. The maximum Gasteiger partial charge on any atom is 0.251 e. The third-order valence-electron chi connectivity index (χ3n) is 4.72. The number of hydrogen-bond acceptors (Lipinski definition) is 4. The Hall–Kier alpha value is -2.40. The Labute approximate surface area is 155 Å². The second kappa shape index (κ2) is 9.34. The summed E-state index contributed by atoms with van der Waals surface area (Å²) in [7, 11) is 0. The van der Waals surface area contributed by atoms with Crippen LogP contribution in [0.2, 0.25) is 0 Å². The van der Waals surface area contributed by atoms with E-state index in [9.17, 15) is 4.79 Å². The average molecular weight is 353 g/mol. The fraction of sp³-hybridized carbons (Fsp3) is 0.429. The van der Waals surface area contributed by atoms with Crippen molar-refractivity contribution in [3.63, 3.8) is 0 Å². The Bertz CT molecular complexity index is 709. The molecule has 3 rings (SSSR count). The van der Waals surface area contributed by atoms with Gasteiger partial charge in [0.1, 0.15) is 12.4 Å². The predicted octanol–water partition coefficient (Wildman–Crippen LogP) is 3.09. The molecule has 1 aromatic heterocycles. The highest BCUT2D eigenvalue weighted by molar-refractivity contribution is 5.94. The second-order valence-electron chi connectivity index (χ2n) is 6.88. The zero-order chi connectivity index (χ0) is 18.2. The van der Waals surface area contributed by atoms with Gasteiger partial charge in [0, 0.05) is 17.8 Å². The topological polar surface area (TPSA) is 63.2 Å². The number of carbonyl (C=O) groups excluding carboxylic acids is 1.